The Labute approximate surface area is 166 Å². The Morgan fingerprint density at radius 1 is 0.786 bits per heavy atom. The van der Waals surface area contributed by atoms with Crippen LogP contribution in [-0.4, -0.2) is 11.8 Å². The molecule has 0 radical (unpaired) electrons. The summed E-state index contributed by atoms with van der Waals surface area (Å²) < 4.78 is 5.92. The predicted molar refractivity (Wildman–Crippen MR) is 110 cm³/mol. The van der Waals surface area contributed by atoms with Gasteiger partial charge < -0.3 is 4.74 Å². The summed E-state index contributed by atoms with van der Waals surface area (Å²) in [6, 6.07) is 15.3. The topological polar surface area (TPSA) is 46.6 Å². The van der Waals surface area contributed by atoms with Gasteiger partial charge in [-0.1, -0.05) is 45.7 Å². The van der Waals surface area contributed by atoms with Gasteiger partial charge in [-0.15, -0.1) is 0 Å². The molecular formula is C24H27NO3. The smallest absolute Gasteiger partial charge is 0.237 e. The lowest BCUT2D eigenvalue weighted by Crippen LogP contribution is -2.30. The second kappa shape index (κ2) is 7.08. The van der Waals surface area contributed by atoms with Crippen LogP contribution in [0.1, 0.15) is 52.0 Å². The van der Waals surface area contributed by atoms with Crippen LogP contribution in [0, 0.1) is 11.8 Å². The fourth-order valence-corrected chi connectivity index (χ4v) is 4.24. The highest BCUT2D eigenvalue weighted by Gasteiger charge is 2.48. The second-order valence-corrected chi connectivity index (χ2v) is 8.88. The Balaban J connectivity index is 1.48. The maximum atomic E-state index is 12.7. The summed E-state index contributed by atoms with van der Waals surface area (Å²) in [4.78, 5) is 26.8. The van der Waals surface area contributed by atoms with E-state index in [1.807, 2.05) is 24.3 Å². The van der Waals surface area contributed by atoms with E-state index in [-0.39, 0.29) is 29.1 Å². The zero-order valence-corrected chi connectivity index (χ0v) is 16.8. The minimum absolute atomic E-state index is 0.0406. The summed E-state index contributed by atoms with van der Waals surface area (Å²) in [7, 11) is 0. The lowest BCUT2D eigenvalue weighted by molar-refractivity contribution is -0.122. The van der Waals surface area contributed by atoms with Crippen molar-refractivity contribution in [2.45, 2.75) is 51.9 Å². The Morgan fingerprint density at radius 3 is 1.71 bits per heavy atom. The van der Waals surface area contributed by atoms with Crippen molar-refractivity contribution >= 4 is 17.5 Å². The van der Waals surface area contributed by atoms with Gasteiger partial charge in [0.25, 0.3) is 0 Å². The molecule has 1 aliphatic carbocycles. The number of carbonyl (C=O) groups is 2. The minimum atomic E-state index is -0.126. The molecule has 2 aromatic carbocycles. The van der Waals surface area contributed by atoms with Gasteiger partial charge >= 0.3 is 0 Å². The van der Waals surface area contributed by atoms with Gasteiger partial charge in [0.15, 0.2) is 0 Å². The molecule has 0 unspecified atom stereocenters. The van der Waals surface area contributed by atoms with E-state index in [0.717, 1.165) is 31.4 Å². The SMILES string of the molecule is CC(C)(C)c1ccc(Oc2ccc(N3C(=O)[C@@H]4CCCC[C@H]4C3=O)cc2)cc1. The van der Waals surface area contributed by atoms with Crippen LogP contribution in [0.15, 0.2) is 48.5 Å². The Hall–Kier alpha value is -2.62. The lowest BCUT2D eigenvalue weighted by Gasteiger charge is -2.19. The zero-order valence-electron chi connectivity index (χ0n) is 16.8. The van der Waals surface area contributed by atoms with Crippen LogP contribution in [0.3, 0.4) is 0 Å². The van der Waals surface area contributed by atoms with Crippen LogP contribution in [0.25, 0.3) is 0 Å². The van der Waals surface area contributed by atoms with Crippen molar-refractivity contribution in [2.75, 3.05) is 4.90 Å². The molecule has 4 nitrogen and oxygen atoms in total. The summed E-state index contributed by atoms with van der Waals surface area (Å²) in [5.74, 6) is 1.11. The fourth-order valence-electron chi connectivity index (χ4n) is 4.24. The summed E-state index contributed by atoms with van der Waals surface area (Å²) in [5.41, 5.74) is 1.99. The van der Waals surface area contributed by atoms with E-state index in [1.54, 1.807) is 12.1 Å². The number of carbonyl (C=O) groups excluding carboxylic acids is 2. The first-order valence-electron chi connectivity index (χ1n) is 10.1. The number of rotatable bonds is 3. The van der Waals surface area contributed by atoms with Crippen molar-refractivity contribution in [3.05, 3.63) is 54.1 Å². The van der Waals surface area contributed by atoms with Gasteiger partial charge in [0, 0.05) is 0 Å². The molecule has 1 saturated heterocycles. The van der Waals surface area contributed by atoms with E-state index in [4.69, 9.17) is 4.74 Å². The first kappa shape index (κ1) is 18.7. The van der Waals surface area contributed by atoms with Gasteiger partial charge in [0.05, 0.1) is 17.5 Å². The first-order valence-corrected chi connectivity index (χ1v) is 10.1. The molecule has 2 atom stereocenters. The number of hydrogen-bond acceptors (Lipinski definition) is 3. The van der Waals surface area contributed by atoms with E-state index in [2.05, 4.69) is 32.9 Å². The molecule has 0 aromatic heterocycles. The summed E-state index contributed by atoms with van der Waals surface area (Å²) in [6.45, 7) is 6.54. The van der Waals surface area contributed by atoms with Gasteiger partial charge in [-0.2, -0.15) is 0 Å². The maximum absolute atomic E-state index is 12.7. The number of imide groups is 1. The molecule has 0 N–H and O–H groups in total. The summed E-state index contributed by atoms with van der Waals surface area (Å²) >= 11 is 0. The lowest BCUT2D eigenvalue weighted by atomic mass is 9.81. The minimum Gasteiger partial charge on any atom is -0.457 e. The molecule has 146 valence electrons. The highest BCUT2D eigenvalue weighted by molar-refractivity contribution is 6.22. The average molecular weight is 377 g/mol. The number of ether oxygens (including phenoxy) is 1. The molecular weight excluding hydrogens is 350 g/mol. The highest BCUT2D eigenvalue weighted by Crippen LogP contribution is 2.40. The number of hydrogen-bond donors (Lipinski definition) is 0. The van der Waals surface area contributed by atoms with Crippen LogP contribution >= 0.6 is 0 Å². The van der Waals surface area contributed by atoms with Crippen molar-refractivity contribution in [3.8, 4) is 11.5 Å². The molecule has 1 heterocycles. The molecule has 0 bridgehead atoms. The molecule has 1 aliphatic heterocycles. The third-order valence-electron chi connectivity index (χ3n) is 5.89. The van der Waals surface area contributed by atoms with E-state index < -0.39 is 0 Å². The number of amides is 2. The number of fused-ring (bicyclic) bond motifs is 1. The maximum Gasteiger partial charge on any atom is 0.237 e. The molecule has 0 spiro atoms. The van der Waals surface area contributed by atoms with Gasteiger partial charge in [0.1, 0.15) is 11.5 Å². The number of benzene rings is 2. The molecule has 2 fully saturated rings. The Morgan fingerprint density at radius 2 is 1.25 bits per heavy atom. The van der Waals surface area contributed by atoms with Crippen LogP contribution < -0.4 is 9.64 Å². The third-order valence-corrected chi connectivity index (χ3v) is 5.89. The quantitative estimate of drug-likeness (QED) is 0.668. The number of nitrogens with zero attached hydrogens (tertiary/aromatic N) is 1. The molecule has 2 aliphatic rings. The first-order chi connectivity index (χ1) is 13.3. The summed E-state index contributed by atoms with van der Waals surface area (Å²) in [5, 5.41) is 0. The van der Waals surface area contributed by atoms with Crippen LogP contribution in [0.2, 0.25) is 0 Å². The molecule has 28 heavy (non-hydrogen) atoms. The van der Waals surface area contributed by atoms with Crippen LogP contribution in [0.5, 0.6) is 11.5 Å². The van der Waals surface area contributed by atoms with E-state index in [0.29, 0.717) is 11.4 Å². The normalized spacial score (nSPS) is 22.3. The fraction of sp³-hybridized carbons (Fsp3) is 0.417. The molecule has 1 saturated carbocycles. The molecule has 4 rings (SSSR count). The van der Waals surface area contributed by atoms with Crippen molar-refractivity contribution in [1.82, 2.24) is 0 Å². The van der Waals surface area contributed by atoms with E-state index >= 15 is 0 Å². The average Bonchev–Trinajstić information content (AvgIpc) is 2.93. The van der Waals surface area contributed by atoms with Crippen molar-refractivity contribution in [3.63, 3.8) is 0 Å². The summed E-state index contributed by atoms with van der Waals surface area (Å²) in [6.07, 6.45) is 3.73. The molecule has 2 amide bonds. The monoisotopic (exact) mass is 377 g/mol. The largest absolute Gasteiger partial charge is 0.457 e. The standard InChI is InChI=1S/C24H27NO3/c1-24(2,3)16-8-12-18(13-9-16)28-19-14-10-17(11-15-19)25-22(26)20-6-4-5-7-21(20)23(25)27/h8-15,20-21H,4-7H2,1-3H3/t20-,21-/m1/s1. The van der Waals surface area contributed by atoms with Gasteiger partial charge in [0.2, 0.25) is 11.8 Å². The van der Waals surface area contributed by atoms with Crippen LogP contribution in [-0.2, 0) is 15.0 Å². The third kappa shape index (κ3) is 3.44. The van der Waals surface area contributed by atoms with Crippen molar-refractivity contribution < 1.29 is 14.3 Å². The predicted octanol–water partition coefficient (Wildman–Crippen LogP) is 5.46. The second-order valence-electron chi connectivity index (χ2n) is 8.88. The van der Waals surface area contributed by atoms with Crippen LogP contribution in [0.4, 0.5) is 5.69 Å². The highest BCUT2D eigenvalue weighted by atomic mass is 16.5. The Bertz CT molecular complexity index is 854. The van der Waals surface area contributed by atoms with Gasteiger partial charge in [-0.25, -0.2) is 0 Å². The number of anilines is 1. The Kier molecular flexibility index (Phi) is 4.74. The van der Waals surface area contributed by atoms with Crippen molar-refractivity contribution in [2.24, 2.45) is 11.8 Å². The molecule has 4 heteroatoms. The van der Waals surface area contributed by atoms with E-state index in [1.165, 1.54) is 10.5 Å². The van der Waals surface area contributed by atoms with Gasteiger partial charge in [-0.3, -0.25) is 14.5 Å². The molecule has 2 aromatic rings. The van der Waals surface area contributed by atoms with Crippen molar-refractivity contribution in [1.29, 1.82) is 0 Å². The van der Waals surface area contributed by atoms with Gasteiger partial charge in [-0.05, 0) is 60.2 Å². The van der Waals surface area contributed by atoms with E-state index in [9.17, 15) is 9.59 Å². The zero-order chi connectivity index (χ0) is 19.9.